The zero-order chi connectivity index (χ0) is 13.6. The number of aryl methyl sites for hydroxylation is 1. The van der Waals surface area contributed by atoms with Crippen molar-refractivity contribution in [1.29, 1.82) is 0 Å². The Morgan fingerprint density at radius 1 is 1.50 bits per heavy atom. The van der Waals surface area contributed by atoms with E-state index < -0.39 is 10.0 Å². The summed E-state index contributed by atoms with van der Waals surface area (Å²) >= 11 is 0. The van der Waals surface area contributed by atoms with E-state index in [-0.39, 0.29) is 17.3 Å². The Hall–Kier alpha value is -1.60. The van der Waals surface area contributed by atoms with Gasteiger partial charge in [-0.1, -0.05) is 17.3 Å². The van der Waals surface area contributed by atoms with Crippen LogP contribution in [0.2, 0.25) is 0 Å². The third-order valence-electron chi connectivity index (χ3n) is 2.33. The summed E-state index contributed by atoms with van der Waals surface area (Å²) in [4.78, 5) is 0.242. The first-order valence-corrected chi connectivity index (χ1v) is 6.97. The van der Waals surface area contributed by atoms with Gasteiger partial charge in [-0.25, -0.2) is 13.1 Å². The number of benzene rings is 1. The fourth-order valence-electron chi connectivity index (χ4n) is 1.39. The Bertz CT molecular complexity index is 526. The molecule has 4 N–H and O–H groups in total. The number of sulfonamides is 1. The fourth-order valence-corrected chi connectivity index (χ4v) is 2.57. The fraction of sp³-hybridized carbons (Fsp3) is 0.364. The lowest BCUT2D eigenvalue weighted by atomic mass is 10.2. The summed E-state index contributed by atoms with van der Waals surface area (Å²) in [5, 5.41) is 11.1. The van der Waals surface area contributed by atoms with Gasteiger partial charge >= 0.3 is 0 Å². The van der Waals surface area contributed by atoms with E-state index in [2.05, 4.69) is 9.88 Å². The van der Waals surface area contributed by atoms with Gasteiger partial charge in [-0.15, -0.1) is 0 Å². The SMILES string of the molecule is Cc1cccc(S(=O)(=O)NCCCC(N)=NO)c1. The maximum Gasteiger partial charge on any atom is 0.240 e. The topological polar surface area (TPSA) is 105 Å². The van der Waals surface area contributed by atoms with Crippen LogP contribution in [-0.2, 0) is 10.0 Å². The Morgan fingerprint density at radius 2 is 2.22 bits per heavy atom. The highest BCUT2D eigenvalue weighted by molar-refractivity contribution is 7.89. The normalized spacial score (nSPS) is 12.6. The molecule has 0 saturated carbocycles. The molecule has 0 heterocycles. The first-order valence-electron chi connectivity index (χ1n) is 5.48. The summed E-state index contributed by atoms with van der Waals surface area (Å²) in [6.45, 7) is 2.07. The van der Waals surface area contributed by atoms with Crippen molar-refractivity contribution >= 4 is 15.9 Å². The summed E-state index contributed by atoms with van der Waals surface area (Å²) in [5.74, 6) is 0.0877. The molecule has 0 fully saturated rings. The van der Waals surface area contributed by atoms with E-state index in [1.54, 1.807) is 18.2 Å². The molecule has 0 unspecified atom stereocenters. The third kappa shape index (κ3) is 4.34. The van der Waals surface area contributed by atoms with Gasteiger partial charge in [0.05, 0.1) is 4.90 Å². The van der Waals surface area contributed by atoms with Gasteiger partial charge in [0.15, 0.2) is 0 Å². The van der Waals surface area contributed by atoms with Crippen LogP contribution in [0.5, 0.6) is 0 Å². The van der Waals surface area contributed by atoms with Crippen LogP contribution in [0.4, 0.5) is 0 Å². The molecule has 1 rings (SSSR count). The molecule has 0 aromatic heterocycles. The smallest absolute Gasteiger partial charge is 0.240 e. The van der Waals surface area contributed by atoms with Crippen molar-refractivity contribution in [1.82, 2.24) is 4.72 Å². The van der Waals surface area contributed by atoms with Gasteiger partial charge in [0, 0.05) is 13.0 Å². The van der Waals surface area contributed by atoms with Crippen LogP contribution in [-0.4, -0.2) is 26.0 Å². The van der Waals surface area contributed by atoms with Crippen LogP contribution in [0.25, 0.3) is 0 Å². The van der Waals surface area contributed by atoms with Crippen molar-refractivity contribution in [3.05, 3.63) is 29.8 Å². The monoisotopic (exact) mass is 271 g/mol. The average Bonchev–Trinajstić information content (AvgIpc) is 2.34. The van der Waals surface area contributed by atoms with Gasteiger partial charge in [0.1, 0.15) is 5.84 Å². The Balaban J connectivity index is 2.56. The molecule has 1 aromatic carbocycles. The van der Waals surface area contributed by atoms with E-state index in [0.29, 0.717) is 12.8 Å². The number of nitrogens with zero attached hydrogens (tertiary/aromatic N) is 1. The molecule has 0 bridgehead atoms. The second-order valence-corrected chi connectivity index (χ2v) is 5.68. The zero-order valence-electron chi connectivity index (χ0n) is 10.1. The van der Waals surface area contributed by atoms with Crippen molar-refractivity contribution in [2.75, 3.05) is 6.54 Å². The van der Waals surface area contributed by atoms with Crippen molar-refractivity contribution in [2.45, 2.75) is 24.7 Å². The average molecular weight is 271 g/mol. The molecule has 100 valence electrons. The Labute approximate surface area is 107 Å². The van der Waals surface area contributed by atoms with E-state index in [1.165, 1.54) is 0 Å². The van der Waals surface area contributed by atoms with Gasteiger partial charge in [0.25, 0.3) is 0 Å². The minimum atomic E-state index is -3.48. The number of nitrogens with one attached hydrogen (secondary N) is 1. The highest BCUT2D eigenvalue weighted by Crippen LogP contribution is 2.10. The number of oxime groups is 1. The molecule has 0 saturated heterocycles. The van der Waals surface area contributed by atoms with Crippen LogP contribution in [0, 0.1) is 6.92 Å². The first-order chi connectivity index (χ1) is 8.45. The molecule has 0 aliphatic carbocycles. The molecule has 1 aromatic rings. The summed E-state index contributed by atoms with van der Waals surface area (Å²) in [5.41, 5.74) is 6.16. The predicted octanol–water partition coefficient (Wildman–Crippen LogP) is 0.800. The molecule has 0 atom stereocenters. The maximum absolute atomic E-state index is 11.9. The minimum Gasteiger partial charge on any atom is -0.409 e. The Morgan fingerprint density at radius 3 is 2.83 bits per heavy atom. The van der Waals surface area contributed by atoms with Crippen molar-refractivity contribution in [3.63, 3.8) is 0 Å². The lowest BCUT2D eigenvalue weighted by molar-refractivity contribution is 0.316. The number of nitrogens with two attached hydrogens (primary N) is 1. The molecule has 0 spiro atoms. The Kier molecular flexibility index (Phi) is 5.11. The predicted molar refractivity (Wildman–Crippen MR) is 69.0 cm³/mol. The van der Waals surface area contributed by atoms with Gasteiger partial charge < -0.3 is 10.9 Å². The van der Waals surface area contributed by atoms with Gasteiger partial charge in [0.2, 0.25) is 10.0 Å². The highest BCUT2D eigenvalue weighted by atomic mass is 32.2. The molecule has 0 aliphatic heterocycles. The second kappa shape index (κ2) is 6.36. The van der Waals surface area contributed by atoms with Crippen LogP contribution in [0.1, 0.15) is 18.4 Å². The van der Waals surface area contributed by atoms with Gasteiger partial charge in [-0.2, -0.15) is 0 Å². The minimum absolute atomic E-state index is 0.0877. The van der Waals surface area contributed by atoms with E-state index in [4.69, 9.17) is 10.9 Å². The van der Waals surface area contributed by atoms with Crippen molar-refractivity contribution in [3.8, 4) is 0 Å². The van der Waals surface area contributed by atoms with E-state index in [1.807, 2.05) is 13.0 Å². The van der Waals surface area contributed by atoms with Crippen LogP contribution < -0.4 is 10.5 Å². The summed E-state index contributed by atoms with van der Waals surface area (Å²) in [6.07, 6.45) is 0.813. The van der Waals surface area contributed by atoms with Crippen molar-refractivity contribution < 1.29 is 13.6 Å². The zero-order valence-corrected chi connectivity index (χ0v) is 10.9. The standard InChI is InChI=1S/C11H17N3O3S/c1-9-4-2-5-10(8-9)18(16,17)13-7-3-6-11(12)14-15/h2,4-5,8,13,15H,3,6-7H2,1H3,(H2,12,14). The van der Waals surface area contributed by atoms with Crippen molar-refractivity contribution in [2.24, 2.45) is 10.9 Å². The molecular weight excluding hydrogens is 254 g/mol. The van der Waals surface area contributed by atoms with Gasteiger partial charge in [-0.05, 0) is 31.0 Å². The van der Waals surface area contributed by atoms with E-state index in [0.717, 1.165) is 5.56 Å². The molecule has 7 heteroatoms. The quantitative estimate of drug-likeness (QED) is 0.234. The summed E-state index contributed by atoms with van der Waals surface area (Å²) < 4.78 is 26.2. The number of amidine groups is 1. The number of hydrogen-bond acceptors (Lipinski definition) is 4. The lowest BCUT2D eigenvalue weighted by Crippen LogP contribution is -2.26. The second-order valence-electron chi connectivity index (χ2n) is 3.91. The number of hydrogen-bond donors (Lipinski definition) is 3. The molecule has 0 radical (unpaired) electrons. The molecular formula is C11H17N3O3S. The lowest BCUT2D eigenvalue weighted by Gasteiger charge is -2.07. The molecule has 0 amide bonds. The number of rotatable bonds is 6. The summed E-state index contributed by atoms with van der Waals surface area (Å²) in [6, 6.07) is 6.67. The molecule has 6 nitrogen and oxygen atoms in total. The largest absolute Gasteiger partial charge is 0.409 e. The summed E-state index contributed by atoms with van der Waals surface area (Å²) in [7, 11) is -3.48. The van der Waals surface area contributed by atoms with Crippen LogP contribution in [0.3, 0.4) is 0 Å². The highest BCUT2D eigenvalue weighted by Gasteiger charge is 2.12. The van der Waals surface area contributed by atoms with E-state index >= 15 is 0 Å². The third-order valence-corrected chi connectivity index (χ3v) is 3.79. The van der Waals surface area contributed by atoms with Crippen LogP contribution >= 0.6 is 0 Å². The van der Waals surface area contributed by atoms with E-state index in [9.17, 15) is 8.42 Å². The molecule has 18 heavy (non-hydrogen) atoms. The van der Waals surface area contributed by atoms with Gasteiger partial charge in [-0.3, -0.25) is 0 Å². The maximum atomic E-state index is 11.9. The molecule has 0 aliphatic rings. The van der Waals surface area contributed by atoms with Crippen LogP contribution in [0.15, 0.2) is 34.3 Å². The first kappa shape index (κ1) is 14.5.